The zero-order chi connectivity index (χ0) is 13.1. The summed E-state index contributed by atoms with van der Waals surface area (Å²) in [5, 5.41) is 8.83. The Balaban J connectivity index is 0.00000180. The Morgan fingerprint density at radius 1 is 1.32 bits per heavy atom. The van der Waals surface area contributed by atoms with Crippen LogP contribution < -0.4 is 11.3 Å². The van der Waals surface area contributed by atoms with Gasteiger partial charge in [0.2, 0.25) is 0 Å². The minimum absolute atomic E-state index is 0. The summed E-state index contributed by atoms with van der Waals surface area (Å²) in [4.78, 5) is 26.7. The molecule has 94 valence electrons. The molecule has 0 bridgehead atoms. The second kappa shape index (κ2) is 6.51. The number of nitrogens with two attached hydrogens (primary N) is 1. The third-order valence-electron chi connectivity index (χ3n) is 2.40. The summed E-state index contributed by atoms with van der Waals surface area (Å²) in [6.07, 6.45) is 1.24. The van der Waals surface area contributed by atoms with Crippen LogP contribution >= 0.6 is 0 Å². The number of nitrogens with zero attached hydrogens (tertiary/aromatic N) is 2. The molecule has 7 heteroatoms. The third kappa shape index (κ3) is 3.44. The molecule has 0 aliphatic heterocycles. The first-order chi connectivity index (χ1) is 8.59. The Bertz CT molecular complexity index is 640. The number of aliphatic carboxylic acids is 1. The number of carbonyl (C=O) groups is 1. The second-order valence-corrected chi connectivity index (χ2v) is 3.69. The van der Waals surface area contributed by atoms with Crippen LogP contribution in [0.4, 0.5) is 5.69 Å². The van der Waals surface area contributed by atoms with E-state index >= 15 is 0 Å². The van der Waals surface area contributed by atoms with Gasteiger partial charge in [-0.3, -0.25) is 14.2 Å². The summed E-state index contributed by atoms with van der Waals surface area (Å²) in [6.45, 7) is -0.471. The summed E-state index contributed by atoms with van der Waals surface area (Å²) in [6, 6.07) is 8.87. The Kier molecular flexibility index (Phi) is 5.29. The number of nitrogen functional groups attached to an aromatic ring is 1. The van der Waals surface area contributed by atoms with Gasteiger partial charge in [0, 0.05) is 5.56 Å². The molecule has 0 radical (unpaired) electrons. The molecule has 0 atom stereocenters. The monoisotopic (exact) mass is 269 g/mol. The summed E-state index contributed by atoms with van der Waals surface area (Å²) in [5.74, 6) is -0.834. The van der Waals surface area contributed by atoms with Gasteiger partial charge in [-0.15, -0.1) is 0 Å². The predicted octanol–water partition coefficient (Wildman–Crippen LogP) is -0.0714. The van der Waals surface area contributed by atoms with Gasteiger partial charge >= 0.3 is 35.5 Å². The van der Waals surface area contributed by atoms with Gasteiger partial charge in [-0.25, -0.2) is 4.98 Å². The van der Waals surface area contributed by atoms with E-state index in [4.69, 9.17) is 10.8 Å². The molecule has 0 spiro atoms. The quantitative estimate of drug-likeness (QED) is 0.760. The number of rotatable bonds is 3. The predicted molar refractivity (Wildman–Crippen MR) is 73.1 cm³/mol. The van der Waals surface area contributed by atoms with Crippen molar-refractivity contribution in [3.05, 3.63) is 46.9 Å². The van der Waals surface area contributed by atoms with Crippen LogP contribution in [0.15, 0.2) is 41.3 Å². The van der Waals surface area contributed by atoms with Crippen molar-refractivity contribution < 1.29 is 9.90 Å². The summed E-state index contributed by atoms with van der Waals surface area (Å²) >= 11 is 0. The minimum atomic E-state index is -1.12. The van der Waals surface area contributed by atoms with Crippen LogP contribution in [0.2, 0.25) is 0 Å². The van der Waals surface area contributed by atoms with Gasteiger partial charge in [0.25, 0.3) is 5.56 Å². The molecular weight excluding hydrogens is 257 g/mol. The molecule has 1 heterocycles. The SMILES string of the molecule is Nc1cnc(-c2ccccc2)n(CC(=O)O)c1=O.[NaH]. The van der Waals surface area contributed by atoms with Crippen LogP contribution in [-0.2, 0) is 11.3 Å². The molecule has 0 unspecified atom stereocenters. The van der Waals surface area contributed by atoms with E-state index in [0.717, 1.165) is 4.57 Å². The van der Waals surface area contributed by atoms with Crippen molar-refractivity contribution in [1.29, 1.82) is 0 Å². The van der Waals surface area contributed by atoms with Crippen LogP contribution in [0, 0.1) is 0 Å². The Morgan fingerprint density at radius 3 is 2.53 bits per heavy atom. The Labute approximate surface area is 131 Å². The first-order valence-electron chi connectivity index (χ1n) is 5.22. The van der Waals surface area contributed by atoms with Crippen LogP contribution in [0.5, 0.6) is 0 Å². The summed E-state index contributed by atoms with van der Waals surface area (Å²) in [7, 11) is 0. The fourth-order valence-electron chi connectivity index (χ4n) is 1.61. The molecule has 0 saturated heterocycles. The molecule has 2 rings (SSSR count). The molecule has 19 heavy (non-hydrogen) atoms. The zero-order valence-electron chi connectivity index (χ0n) is 9.41. The van der Waals surface area contributed by atoms with E-state index < -0.39 is 18.1 Å². The average molecular weight is 269 g/mol. The van der Waals surface area contributed by atoms with E-state index in [2.05, 4.69) is 4.98 Å². The van der Waals surface area contributed by atoms with Crippen LogP contribution in [0.25, 0.3) is 11.4 Å². The maximum absolute atomic E-state index is 11.8. The number of carboxylic acids is 1. The standard InChI is InChI=1S/C12H11N3O3.Na.H/c13-9-6-14-11(8-4-2-1-3-5-8)15(12(9)18)7-10(16)17;;/h1-6H,7,13H2,(H,16,17);;. The molecule has 0 amide bonds. The maximum atomic E-state index is 11.8. The van der Waals surface area contributed by atoms with Gasteiger partial charge in [0.1, 0.15) is 18.1 Å². The Morgan fingerprint density at radius 2 is 1.95 bits per heavy atom. The topological polar surface area (TPSA) is 98.2 Å². The number of hydrogen-bond donors (Lipinski definition) is 2. The van der Waals surface area contributed by atoms with Gasteiger partial charge in [-0.05, 0) is 0 Å². The molecule has 1 aromatic carbocycles. The van der Waals surface area contributed by atoms with E-state index in [1.54, 1.807) is 24.3 Å². The van der Waals surface area contributed by atoms with Crippen LogP contribution in [0.3, 0.4) is 0 Å². The summed E-state index contributed by atoms with van der Waals surface area (Å²) < 4.78 is 1.05. The molecule has 0 aliphatic rings. The van der Waals surface area contributed by atoms with Crippen molar-refractivity contribution in [3.63, 3.8) is 0 Å². The van der Waals surface area contributed by atoms with Gasteiger partial charge in [0.05, 0.1) is 6.20 Å². The van der Waals surface area contributed by atoms with Crippen LogP contribution in [0.1, 0.15) is 0 Å². The molecule has 0 fully saturated rings. The van der Waals surface area contributed by atoms with E-state index in [-0.39, 0.29) is 41.1 Å². The fraction of sp³-hybridized carbons (Fsp3) is 0.0833. The Hall–Kier alpha value is -1.63. The molecule has 0 saturated carbocycles. The van der Waals surface area contributed by atoms with Gasteiger partial charge in [0.15, 0.2) is 0 Å². The first kappa shape index (κ1) is 15.4. The number of benzene rings is 1. The number of aromatic nitrogens is 2. The molecule has 3 N–H and O–H groups in total. The summed E-state index contributed by atoms with van der Waals surface area (Å²) in [5.41, 5.74) is 5.49. The van der Waals surface area contributed by atoms with Crippen molar-refractivity contribution in [1.82, 2.24) is 9.55 Å². The molecule has 6 nitrogen and oxygen atoms in total. The van der Waals surface area contributed by atoms with Gasteiger partial charge < -0.3 is 10.8 Å². The van der Waals surface area contributed by atoms with E-state index in [9.17, 15) is 9.59 Å². The number of carboxylic acid groups (broad SMARTS) is 1. The number of anilines is 1. The second-order valence-electron chi connectivity index (χ2n) is 3.69. The average Bonchev–Trinajstić information content (AvgIpc) is 2.36. The third-order valence-corrected chi connectivity index (χ3v) is 2.40. The van der Waals surface area contributed by atoms with E-state index in [1.165, 1.54) is 6.20 Å². The van der Waals surface area contributed by atoms with Crippen LogP contribution in [-0.4, -0.2) is 50.2 Å². The van der Waals surface area contributed by atoms with E-state index in [0.29, 0.717) is 5.56 Å². The molecule has 2 aromatic rings. The van der Waals surface area contributed by atoms with Crippen molar-refractivity contribution in [2.45, 2.75) is 6.54 Å². The van der Waals surface area contributed by atoms with Gasteiger partial charge in [-0.2, -0.15) is 0 Å². The molecule has 1 aromatic heterocycles. The normalized spacial score (nSPS) is 9.68. The fourth-order valence-corrected chi connectivity index (χ4v) is 1.61. The van der Waals surface area contributed by atoms with E-state index in [1.807, 2.05) is 6.07 Å². The first-order valence-corrected chi connectivity index (χ1v) is 5.22. The van der Waals surface area contributed by atoms with Crippen molar-refractivity contribution in [2.75, 3.05) is 5.73 Å². The molecular formula is C12H12N3NaO3. The zero-order valence-corrected chi connectivity index (χ0v) is 9.41. The molecule has 0 aliphatic carbocycles. The van der Waals surface area contributed by atoms with Crippen molar-refractivity contribution >= 4 is 41.2 Å². The number of hydrogen-bond acceptors (Lipinski definition) is 4. The van der Waals surface area contributed by atoms with Gasteiger partial charge in [-0.1, -0.05) is 30.3 Å². The van der Waals surface area contributed by atoms with Crippen molar-refractivity contribution in [2.24, 2.45) is 0 Å². The van der Waals surface area contributed by atoms with Crippen molar-refractivity contribution in [3.8, 4) is 11.4 Å².